The summed E-state index contributed by atoms with van der Waals surface area (Å²) in [5.41, 5.74) is 0. The van der Waals surface area contributed by atoms with Crippen LogP contribution < -0.4 is 0 Å². The third-order valence-electron chi connectivity index (χ3n) is 3.69. The average Bonchev–Trinajstić information content (AvgIpc) is 2.49. The molecule has 0 aliphatic carbocycles. The van der Waals surface area contributed by atoms with Crippen LogP contribution in [0.3, 0.4) is 0 Å². The maximum atomic E-state index is 10.5. The fourth-order valence-corrected chi connectivity index (χ4v) is 1.81. The van der Waals surface area contributed by atoms with Gasteiger partial charge in [0.2, 0.25) is 12.5 Å². The van der Waals surface area contributed by atoms with Crippen LogP contribution in [0.5, 0.6) is 0 Å². The van der Waals surface area contributed by atoms with Crippen LogP contribution >= 0.6 is 0 Å². The van der Waals surface area contributed by atoms with Crippen molar-refractivity contribution in [3.05, 3.63) is 0 Å². The predicted molar refractivity (Wildman–Crippen MR) is 89.2 cm³/mol. The first-order valence-corrected chi connectivity index (χ1v) is 8.78. The number of hydrogen-bond acceptors (Lipinski definition) is 3. The van der Waals surface area contributed by atoms with Gasteiger partial charge in [-0.15, -0.1) is 4.65 Å². The molecular weight excluding hydrogens is 266 g/mol. The SMILES string of the molecule is CC.CCCCCOC(C)[N+](C)(O)C(C)OCCCCC. The van der Waals surface area contributed by atoms with Crippen molar-refractivity contribution in [1.29, 1.82) is 0 Å². The lowest BCUT2D eigenvalue weighted by atomic mass is 10.3. The Morgan fingerprint density at radius 1 is 0.810 bits per heavy atom. The van der Waals surface area contributed by atoms with Crippen LogP contribution in [-0.2, 0) is 9.47 Å². The second-order valence-electron chi connectivity index (χ2n) is 5.45. The first-order valence-electron chi connectivity index (χ1n) is 8.78. The second-order valence-corrected chi connectivity index (χ2v) is 5.45. The minimum atomic E-state index is -0.266. The highest BCUT2D eigenvalue weighted by Gasteiger charge is 2.35. The molecule has 0 bridgehead atoms. The van der Waals surface area contributed by atoms with Gasteiger partial charge in [-0.2, -0.15) is 0 Å². The molecule has 2 atom stereocenters. The summed E-state index contributed by atoms with van der Waals surface area (Å²) >= 11 is 0. The van der Waals surface area contributed by atoms with Gasteiger partial charge in [-0.1, -0.05) is 53.4 Å². The lowest BCUT2D eigenvalue weighted by molar-refractivity contribution is -1.15. The lowest BCUT2D eigenvalue weighted by Gasteiger charge is -2.35. The standard InChI is InChI=1S/C15H34NO3.C2H6/c1-6-8-10-12-18-14(3)16(5,17)15(4)19-13-11-9-7-2;1-2/h14-15,17H,6-13H2,1-5H3;1-2H3/q+1;. The van der Waals surface area contributed by atoms with E-state index in [0.29, 0.717) is 13.2 Å². The van der Waals surface area contributed by atoms with Gasteiger partial charge in [-0.05, 0) is 12.8 Å². The Hall–Kier alpha value is -0.160. The molecule has 0 spiro atoms. The fourth-order valence-electron chi connectivity index (χ4n) is 1.81. The summed E-state index contributed by atoms with van der Waals surface area (Å²) in [5, 5.41) is 10.5. The molecule has 0 aliphatic heterocycles. The molecule has 0 fully saturated rings. The molecule has 21 heavy (non-hydrogen) atoms. The van der Waals surface area contributed by atoms with E-state index in [1.165, 1.54) is 25.7 Å². The highest BCUT2D eigenvalue weighted by molar-refractivity contribution is 4.42. The maximum Gasteiger partial charge on any atom is 0.221 e. The van der Waals surface area contributed by atoms with Gasteiger partial charge < -0.3 is 9.47 Å². The molecule has 0 aromatic heterocycles. The Bertz CT molecular complexity index is 190. The molecule has 0 radical (unpaired) electrons. The van der Waals surface area contributed by atoms with Crippen molar-refractivity contribution >= 4 is 0 Å². The third-order valence-corrected chi connectivity index (χ3v) is 3.69. The van der Waals surface area contributed by atoms with Crippen LogP contribution in [0.15, 0.2) is 0 Å². The molecule has 130 valence electrons. The van der Waals surface area contributed by atoms with Crippen LogP contribution in [0.1, 0.15) is 80.1 Å². The Balaban J connectivity index is 0. The zero-order valence-corrected chi connectivity index (χ0v) is 15.5. The summed E-state index contributed by atoms with van der Waals surface area (Å²) in [4.78, 5) is 0. The minimum absolute atomic E-state index is 0.238. The van der Waals surface area contributed by atoms with Gasteiger partial charge in [0.05, 0.1) is 13.2 Å². The van der Waals surface area contributed by atoms with E-state index in [4.69, 9.17) is 9.47 Å². The van der Waals surface area contributed by atoms with Crippen molar-refractivity contribution in [3.8, 4) is 0 Å². The van der Waals surface area contributed by atoms with E-state index in [-0.39, 0.29) is 17.1 Å². The Morgan fingerprint density at radius 2 is 1.14 bits per heavy atom. The van der Waals surface area contributed by atoms with Gasteiger partial charge in [0, 0.05) is 13.8 Å². The number of unbranched alkanes of at least 4 members (excludes halogenated alkanes) is 4. The van der Waals surface area contributed by atoms with Gasteiger partial charge in [0.15, 0.2) is 0 Å². The minimum Gasteiger partial charge on any atom is -0.327 e. The number of hydrogen-bond donors (Lipinski definition) is 1. The van der Waals surface area contributed by atoms with Gasteiger partial charge in [0.25, 0.3) is 0 Å². The number of ether oxygens (including phenoxy) is 2. The summed E-state index contributed by atoms with van der Waals surface area (Å²) in [6.45, 7) is 13.5. The molecule has 2 unspecified atom stereocenters. The molecule has 0 amide bonds. The van der Waals surface area contributed by atoms with Gasteiger partial charge in [-0.3, -0.25) is 0 Å². The van der Waals surface area contributed by atoms with Crippen LogP contribution in [0.25, 0.3) is 0 Å². The molecule has 0 saturated heterocycles. The van der Waals surface area contributed by atoms with Crippen LogP contribution in [0.2, 0.25) is 0 Å². The summed E-state index contributed by atoms with van der Waals surface area (Å²) in [6, 6.07) is 0. The van der Waals surface area contributed by atoms with Gasteiger partial charge >= 0.3 is 0 Å². The number of rotatable bonds is 12. The quantitative estimate of drug-likeness (QED) is 0.240. The molecule has 0 aliphatic rings. The molecule has 4 nitrogen and oxygen atoms in total. The fraction of sp³-hybridized carbons (Fsp3) is 1.00. The highest BCUT2D eigenvalue weighted by Crippen LogP contribution is 2.16. The first kappa shape index (κ1) is 23.1. The smallest absolute Gasteiger partial charge is 0.221 e. The molecule has 0 rings (SSSR count). The summed E-state index contributed by atoms with van der Waals surface area (Å²) in [7, 11) is 1.75. The van der Waals surface area contributed by atoms with Crippen molar-refractivity contribution in [3.63, 3.8) is 0 Å². The topological polar surface area (TPSA) is 38.7 Å². The Kier molecular flexibility index (Phi) is 16.2. The van der Waals surface area contributed by atoms with Crippen LogP contribution in [-0.4, -0.2) is 42.6 Å². The predicted octanol–water partition coefficient (Wildman–Crippen LogP) is 4.95. The average molecular weight is 307 g/mol. The van der Waals surface area contributed by atoms with E-state index >= 15 is 0 Å². The summed E-state index contributed by atoms with van der Waals surface area (Å²) < 4.78 is 11.2. The molecule has 1 N–H and O–H groups in total. The van der Waals surface area contributed by atoms with Crippen molar-refractivity contribution in [2.24, 2.45) is 0 Å². The molecular formula is C17H40NO3+. The van der Waals surface area contributed by atoms with E-state index in [2.05, 4.69) is 13.8 Å². The zero-order valence-electron chi connectivity index (χ0n) is 15.5. The number of hydroxylamine groups is 3. The Morgan fingerprint density at radius 3 is 1.43 bits per heavy atom. The van der Waals surface area contributed by atoms with Crippen molar-refractivity contribution in [2.45, 2.75) is 92.5 Å². The normalized spacial score (nSPS) is 16.6. The maximum absolute atomic E-state index is 10.5. The monoisotopic (exact) mass is 306 g/mol. The van der Waals surface area contributed by atoms with E-state index in [1.807, 2.05) is 27.7 Å². The summed E-state index contributed by atoms with van der Waals surface area (Å²) in [5.74, 6) is 0. The van der Waals surface area contributed by atoms with E-state index < -0.39 is 0 Å². The largest absolute Gasteiger partial charge is 0.327 e. The van der Waals surface area contributed by atoms with Crippen LogP contribution in [0.4, 0.5) is 0 Å². The molecule has 0 heterocycles. The van der Waals surface area contributed by atoms with E-state index in [9.17, 15) is 5.21 Å². The lowest BCUT2D eigenvalue weighted by Crippen LogP contribution is -2.56. The Labute approximate surface area is 133 Å². The zero-order chi connectivity index (χ0) is 16.7. The van der Waals surface area contributed by atoms with Crippen molar-refractivity contribution < 1.29 is 19.3 Å². The number of nitrogens with zero attached hydrogens (tertiary/aromatic N) is 1. The highest BCUT2D eigenvalue weighted by atomic mass is 16.7. The second kappa shape index (κ2) is 14.8. The van der Waals surface area contributed by atoms with Gasteiger partial charge in [0.1, 0.15) is 7.05 Å². The van der Waals surface area contributed by atoms with E-state index in [1.54, 1.807) is 7.05 Å². The summed E-state index contributed by atoms with van der Waals surface area (Å²) in [6.07, 6.45) is 6.27. The molecule has 0 aromatic carbocycles. The molecule has 0 aromatic rings. The van der Waals surface area contributed by atoms with Crippen LogP contribution in [0, 0.1) is 0 Å². The van der Waals surface area contributed by atoms with Gasteiger partial charge in [-0.25, -0.2) is 5.21 Å². The van der Waals surface area contributed by atoms with Crippen molar-refractivity contribution in [2.75, 3.05) is 20.3 Å². The number of quaternary nitrogens is 1. The molecule has 4 heteroatoms. The first-order chi connectivity index (χ1) is 9.96. The van der Waals surface area contributed by atoms with Crippen molar-refractivity contribution in [1.82, 2.24) is 0 Å². The molecule has 0 saturated carbocycles. The van der Waals surface area contributed by atoms with E-state index in [0.717, 1.165) is 12.8 Å². The third kappa shape index (κ3) is 11.1.